The standard InChI is InChI=1S/C15H16N4O4/c1-3-17-15(21)13(20)14-18-12(8-11(16)19(14)22)23-10-6-4-9(2)5-7-10/h4-8H,3,16H2,1-2H3,(H,17,21). The molecule has 0 bridgehead atoms. The monoisotopic (exact) mass is 316 g/mol. The van der Waals surface area contributed by atoms with Crippen molar-refractivity contribution in [2.45, 2.75) is 13.8 Å². The zero-order valence-electron chi connectivity index (χ0n) is 12.7. The van der Waals surface area contributed by atoms with Crippen LogP contribution in [-0.2, 0) is 4.79 Å². The van der Waals surface area contributed by atoms with Crippen molar-refractivity contribution >= 4 is 17.5 Å². The quantitative estimate of drug-likeness (QED) is 0.363. The summed E-state index contributed by atoms with van der Waals surface area (Å²) in [6.07, 6.45) is 0. The molecule has 0 spiro atoms. The first-order valence-corrected chi connectivity index (χ1v) is 6.89. The molecule has 0 saturated carbocycles. The van der Waals surface area contributed by atoms with E-state index in [4.69, 9.17) is 10.5 Å². The van der Waals surface area contributed by atoms with Crippen LogP contribution >= 0.6 is 0 Å². The van der Waals surface area contributed by atoms with E-state index in [0.717, 1.165) is 5.56 Å². The molecule has 1 aromatic heterocycles. The van der Waals surface area contributed by atoms with Gasteiger partial charge >= 0.3 is 17.5 Å². The molecule has 1 heterocycles. The molecule has 0 unspecified atom stereocenters. The fourth-order valence-electron chi connectivity index (χ4n) is 1.75. The van der Waals surface area contributed by atoms with Crippen LogP contribution in [0.3, 0.4) is 0 Å². The molecular formula is C15H16N4O4. The van der Waals surface area contributed by atoms with Crippen molar-refractivity contribution in [1.29, 1.82) is 0 Å². The lowest BCUT2D eigenvalue weighted by molar-refractivity contribution is -0.595. The Morgan fingerprint density at radius 2 is 2.00 bits per heavy atom. The van der Waals surface area contributed by atoms with Gasteiger partial charge < -0.3 is 21.0 Å². The molecule has 0 saturated heterocycles. The second-order valence-electron chi connectivity index (χ2n) is 4.74. The molecule has 1 aromatic carbocycles. The van der Waals surface area contributed by atoms with Gasteiger partial charge in [-0.15, -0.1) is 0 Å². The average molecular weight is 316 g/mol. The van der Waals surface area contributed by atoms with E-state index in [0.29, 0.717) is 5.75 Å². The van der Waals surface area contributed by atoms with Crippen LogP contribution in [0.4, 0.5) is 5.82 Å². The minimum absolute atomic E-state index is 0.0499. The number of nitrogens with zero attached hydrogens (tertiary/aromatic N) is 2. The van der Waals surface area contributed by atoms with E-state index in [1.54, 1.807) is 19.1 Å². The third-order valence-corrected chi connectivity index (χ3v) is 2.90. The van der Waals surface area contributed by atoms with E-state index in [1.165, 1.54) is 6.07 Å². The molecule has 0 atom stereocenters. The van der Waals surface area contributed by atoms with E-state index in [1.807, 2.05) is 19.1 Å². The number of ketones is 1. The van der Waals surface area contributed by atoms with Gasteiger partial charge in [-0.05, 0) is 26.0 Å². The predicted octanol–water partition coefficient (Wildman–Crippen LogP) is 0.717. The number of rotatable bonds is 5. The van der Waals surface area contributed by atoms with Crippen LogP contribution in [0.5, 0.6) is 11.6 Å². The van der Waals surface area contributed by atoms with Crippen molar-refractivity contribution in [3.8, 4) is 11.6 Å². The first kappa shape index (κ1) is 16.2. The number of ether oxygens (including phenoxy) is 1. The summed E-state index contributed by atoms with van der Waals surface area (Å²) in [4.78, 5) is 27.3. The fraction of sp³-hybridized carbons (Fsp3) is 0.200. The van der Waals surface area contributed by atoms with Crippen molar-refractivity contribution in [1.82, 2.24) is 10.3 Å². The Bertz CT molecular complexity index is 744. The summed E-state index contributed by atoms with van der Waals surface area (Å²) in [7, 11) is 0. The van der Waals surface area contributed by atoms with Gasteiger partial charge in [0.15, 0.2) is 0 Å². The Labute approximate surface area is 132 Å². The number of aryl methyl sites for hydroxylation is 1. The molecular weight excluding hydrogens is 300 g/mol. The van der Waals surface area contributed by atoms with Gasteiger partial charge in [0.05, 0.1) is 6.07 Å². The van der Waals surface area contributed by atoms with E-state index in [-0.39, 0.29) is 23.0 Å². The lowest BCUT2D eigenvalue weighted by atomic mass is 10.2. The first-order chi connectivity index (χ1) is 10.9. The Balaban J connectivity index is 2.34. The number of nitrogens with two attached hydrogens (primary N) is 1. The Hall–Kier alpha value is -3.16. The highest BCUT2D eigenvalue weighted by Crippen LogP contribution is 2.20. The molecule has 0 aliphatic carbocycles. The van der Waals surface area contributed by atoms with E-state index in [9.17, 15) is 14.8 Å². The summed E-state index contributed by atoms with van der Waals surface area (Å²) in [6, 6.07) is 8.25. The molecule has 3 N–H and O–H groups in total. The molecule has 2 aromatic rings. The van der Waals surface area contributed by atoms with Crippen molar-refractivity contribution in [2.75, 3.05) is 12.3 Å². The van der Waals surface area contributed by atoms with Crippen molar-refractivity contribution < 1.29 is 19.1 Å². The van der Waals surface area contributed by atoms with Crippen LogP contribution in [0.25, 0.3) is 0 Å². The van der Waals surface area contributed by atoms with Gasteiger partial charge in [0.2, 0.25) is 5.82 Å². The summed E-state index contributed by atoms with van der Waals surface area (Å²) in [5.74, 6) is -2.54. The molecule has 23 heavy (non-hydrogen) atoms. The SMILES string of the molecule is CCNC(=O)C(=O)c1nc(Oc2ccc(C)cc2)cc(N)[n+]1[O-]. The number of hydrogen-bond acceptors (Lipinski definition) is 6. The van der Waals surface area contributed by atoms with Crippen molar-refractivity contribution in [2.24, 2.45) is 0 Å². The molecule has 120 valence electrons. The number of likely N-dealkylation sites (N-methyl/N-ethyl adjacent to an activating group) is 1. The summed E-state index contributed by atoms with van der Waals surface area (Å²) in [6.45, 7) is 3.82. The molecule has 0 aliphatic rings. The molecule has 0 fully saturated rings. The zero-order valence-corrected chi connectivity index (χ0v) is 12.7. The number of hydrogen-bond donors (Lipinski definition) is 2. The zero-order chi connectivity index (χ0) is 17.0. The molecule has 8 nitrogen and oxygen atoms in total. The number of benzene rings is 1. The maximum absolute atomic E-state index is 12.0. The Kier molecular flexibility index (Phi) is 4.75. The number of Topliss-reactive ketones (excluding diaryl/α,β-unsaturated/α-hetero) is 1. The second-order valence-corrected chi connectivity index (χ2v) is 4.74. The van der Waals surface area contributed by atoms with Crippen molar-refractivity contribution in [3.63, 3.8) is 0 Å². The minimum atomic E-state index is -1.08. The smallest absolute Gasteiger partial charge is 0.321 e. The molecule has 0 radical (unpaired) electrons. The van der Waals surface area contributed by atoms with Crippen LogP contribution in [0, 0.1) is 12.1 Å². The van der Waals surface area contributed by atoms with Crippen LogP contribution in [-0.4, -0.2) is 23.2 Å². The van der Waals surface area contributed by atoms with E-state index >= 15 is 0 Å². The third kappa shape index (κ3) is 3.73. The number of anilines is 1. The topological polar surface area (TPSA) is 121 Å². The van der Waals surface area contributed by atoms with Crippen LogP contribution in [0.2, 0.25) is 0 Å². The molecule has 8 heteroatoms. The highest BCUT2D eigenvalue weighted by Gasteiger charge is 2.26. The Morgan fingerprint density at radius 1 is 1.35 bits per heavy atom. The highest BCUT2D eigenvalue weighted by atomic mass is 16.5. The molecule has 0 aliphatic heterocycles. The minimum Gasteiger partial charge on any atom is -0.740 e. The average Bonchev–Trinajstić information content (AvgIpc) is 2.52. The van der Waals surface area contributed by atoms with Crippen molar-refractivity contribution in [3.05, 3.63) is 46.9 Å². The third-order valence-electron chi connectivity index (χ3n) is 2.90. The second kappa shape index (κ2) is 6.73. The van der Waals surface area contributed by atoms with Crippen LogP contribution in [0.15, 0.2) is 30.3 Å². The van der Waals surface area contributed by atoms with Gasteiger partial charge in [0.25, 0.3) is 5.91 Å². The lowest BCUT2D eigenvalue weighted by Gasteiger charge is -2.11. The van der Waals surface area contributed by atoms with Gasteiger partial charge in [-0.25, -0.2) is 4.73 Å². The number of nitrogen functional groups attached to an aromatic ring is 1. The van der Waals surface area contributed by atoms with Gasteiger partial charge in [0, 0.05) is 6.54 Å². The largest absolute Gasteiger partial charge is 0.740 e. The number of carbonyl (C=O) groups excluding carboxylic acids is 2. The van der Waals surface area contributed by atoms with E-state index in [2.05, 4.69) is 10.3 Å². The normalized spacial score (nSPS) is 10.2. The highest BCUT2D eigenvalue weighted by molar-refractivity contribution is 6.41. The summed E-state index contributed by atoms with van der Waals surface area (Å²) in [5, 5.41) is 14.1. The fourth-order valence-corrected chi connectivity index (χ4v) is 1.75. The Morgan fingerprint density at radius 3 is 2.61 bits per heavy atom. The van der Waals surface area contributed by atoms with Crippen LogP contribution in [0.1, 0.15) is 23.1 Å². The van der Waals surface area contributed by atoms with Crippen LogP contribution < -0.4 is 20.5 Å². The van der Waals surface area contributed by atoms with Gasteiger partial charge in [0.1, 0.15) is 5.75 Å². The van der Waals surface area contributed by atoms with Gasteiger partial charge in [-0.3, -0.25) is 9.59 Å². The van der Waals surface area contributed by atoms with E-state index < -0.39 is 17.5 Å². The molecule has 1 amide bonds. The number of aromatic nitrogens is 2. The summed E-state index contributed by atoms with van der Waals surface area (Å²) in [5.41, 5.74) is 6.60. The lowest BCUT2D eigenvalue weighted by Crippen LogP contribution is -2.44. The molecule has 2 rings (SSSR count). The summed E-state index contributed by atoms with van der Waals surface area (Å²) >= 11 is 0. The number of nitrogens with one attached hydrogen (secondary N) is 1. The van der Waals surface area contributed by atoms with Gasteiger partial charge in [-0.2, -0.15) is 0 Å². The maximum Gasteiger partial charge on any atom is 0.321 e. The first-order valence-electron chi connectivity index (χ1n) is 6.89. The number of amides is 1. The maximum atomic E-state index is 12.0. The predicted molar refractivity (Wildman–Crippen MR) is 81.9 cm³/mol. The summed E-state index contributed by atoms with van der Waals surface area (Å²) < 4.78 is 5.57. The van der Waals surface area contributed by atoms with Gasteiger partial charge in [-0.1, -0.05) is 22.7 Å². The number of carbonyl (C=O) groups is 2.